The maximum atomic E-state index is 12.4. The molecule has 124 valence electrons. The van der Waals surface area contributed by atoms with E-state index in [9.17, 15) is 9.90 Å². The van der Waals surface area contributed by atoms with Gasteiger partial charge >= 0.3 is 0 Å². The first kappa shape index (κ1) is 16.5. The van der Waals surface area contributed by atoms with Crippen LogP contribution in [-0.4, -0.2) is 23.1 Å². The van der Waals surface area contributed by atoms with Crippen molar-refractivity contribution in [2.75, 3.05) is 7.11 Å². The lowest BCUT2D eigenvalue weighted by Crippen LogP contribution is -2.26. The third kappa shape index (κ3) is 3.16. The van der Waals surface area contributed by atoms with E-state index >= 15 is 0 Å². The maximum absolute atomic E-state index is 12.4. The van der Waals surface area contributed by atoms with Crippen molar-refractivity contribution >= 4 is 39.1 Å². The molecule has 7 heteroatoms. The molecule has 2 aromatic carbocycles. The number of benzene rings is 2. The lowest BCUT2D eigenvalue weighted by Gasteiger charge is -2.13. The Hall–Kier alpha value is -2.31. The SMILES string of the molecule is COc1cc(C(=O)NC(C)c2nc3ccccc3s2)cc(Cl)c1O. The van der Waals surface area contributed by atoms with E-state index in [1.54, 1.807) is 0 Å². The molecule has 0 saturated heterocycles. The van der Waals surface area contributed by atoms with Crippen molar-refractivity contribution in [1.82, 2.24) is 10.3 Å². The molecule has 1 atom stereocenters. The van der Waals surface area contributed by atoms with Crippen molar-refractivity contribution in [3.05, 3.63) is 52.0 Å². The number of amides is 1. The van der Waals surface area contributed by atoms with Crippen molar-refractivity contribution in [2.45, 2.75) is 13.0 Å². The Kier molecular flexibility index (Phi) is 4.59. The molecule has 1 aromatic heterocycles. The molecule has 0 aliphatic carbocycles. The van der Waals surface area contributed by atoms with Crippen LogP contribution in [0.25, 0.3) is 10.2 Å². The number of carbonyl (C=O) groups is 1. The van der Waals surface area contributed by atoms with E-state index in [0.717, 1.165) is 15.2 Å². The van der Waals surface area contributed by atoms with Gasteiger partial charge in [-0.1, -0.05) is 23.7 Å². The number of carbonyl (C=O) groups excluding carboxylic acids is 1. The highest BCUT2D eigenvalue weighted by Gasteiger charge is 2.18. The number of hydrogen-bond acceptors (Lipinski definition) is 5. The van der Waals surface area contributed by atoms with Crippen LogP contribution in [0.15, 0.2) is 36.4 Å². The van der Waals surface area contributed by atoms with Gasteiger partial charge in [-0.3, -0.25) is 4.79 Å². The molecule has 0 saturated carbocycles. The van der Waals surface area contributed by atoms with Gasteiger partial charge in [-0.05, 0) is 31.2 Å². The number of aromatic nitrogens is 1. The number of ether oxygens (including phenoxy) is 1. The van der Waals surface area contributed by atoms with E-state index in [1.165, 1.54) is 30.6 Å². The lowest BCUT2D eigenvalue weighted by atomic mass is 10.1. The van der Waals surface area contributed by atoms with Crippen molar-refractivity contribution < 1.29 is 14.6 Å². The lowest BCUT2D eigenvalue weighted by molar-refractivity contribution is 0.0939. The number of phenols is 1. The number of phenolic OH excluding ortho intramolecular Hbond substituents is 1. The highest BCUT2D eigenvalue weighted by atomic mass is 35.5. The molecule has 1 amide bonds. The monoisotopic (exact) mass is 362 g/mol. The molecule has 1 heterocycles. The third-order valence-electron chi connectivity index (χ3n) is 3.54. The van der Waals surface area contributed by atoms with Crippen molar-refractivity contribution in [2.24, 2.45) is 0 Å². The standard InChI is InChI=1S/C17H15ClN2O3S/c1-9(17-20-12-5-3-4-6-14(12)24-17)19-16(22)10-7-11(18)15(21)13(8-10)23-2/h3-9,21H,1-2H3,(H,19,22). The fraction of sp³-hybridized carbons (Fsp3) is 0.176. The largest absolute Gasteiger partial charge is 0.503 e. The van der Waals surface area contributed by atoms with Gasteiger partial charge in [-0.15, -0.1) is 11.3 Å². The minimum Gasteiger partial charge on any atom is -0.503 e. The Labute approximate surface area is 147 Å². The summed E-state index contributed by atoms with van der Waals surface area (Å²) in [7, 11) is 1.40. The average Bonchev–Trinajstić information content (AvgIpc) is 3.01. The Morgan fingerprint density at radius 2 is 2.12 bits per heavy atom. The van der Waals surface area contributed by atoms with E-state index in [1.807, 2.05) is 31.2 Å². The van der Waals surface area contributed by atoms with E-state index < -0.39 is 0 Å². The summed E-state index contributed by atoms with van der Waals surface area (Å²) >= 11 is 7.47. The van der Waals surface area contributed by atoms with Gasteiger partial charge in [-0.25, -0.2) is 4.98 Å². The Morgan fingerprint density at radius 3 is 2.83 bits per heavy atom. The highest BCUT2D eigenvalue weighted by Crippen LogP contribution is 2.35. The van der Waals surface area contributed by atoms with E-state index in [-0.39, 0.29) is 28.5 Å². The molecule has 1 unspecified atom stereocenters. The number of fused-ring (bicyclic) bond motifs is 1. The molecular formula is C17H15ClN2O3S. The number of aromatic hydroxyl groups is 1. The summed E-state index contributed by atoms with van der Waals surface area (Å²) in [5.74, 6) is -0.350. The number of hydrogen-bond donors (Lipinski definition) is 2. The van der Waals surface area contributed by atoms with Crippen LogP contribution in [-0.2, 0) is 0 Å². The van der Waals surface area contributed by atoms with Gasteiger partial charge in [0.1, 0.15) is 5.01 Å². The molecule has 0 spiro atoms. The fourth-order valence-electron chi connectivity index (χ4n) is 2.28. The van der Waals surface area contributed by atoms with Crippen LogP contribution in [0.5, 0.6) is 11.5 Å². The highest BCUT2D eigenvalue weighted by molar-refractivity contribution is 7.18. The summed E-state index contributed by atoms with van der Waals surface area (Å²) in [6.45, 7) is 1.87. The minimum atomic E-state index is -0.318. The predicted molar refractivity (Wildman–Crippen MR) is 95.2 cm³/mol. The van der Waals surface area contributed by atoms with Gasteiger partial charge < -0.3 is 15.2 Å². The minimum absolute atomic E-state index is 0.0622. The molecule has 5 nitrogen and oxygen atoms in total. The average molecular weight is 363 g/mol. The zero-order valence-corrected chi connectivity index (χ0v) is 14.6. The number of halogens is 1. The molecule has 0 fully saturated rings. The molecule has 3 rings (SSSR count). The number of para-hydroxylation sites is 1. The zero-order valence-electron chi connectivity index (χ0n) is 13.0. The van der Waals surface area contributed by atoms with Gasteiger partial charge in [0.25, 0.3) is 5.91 Å². The van der Waals surface area contributed by atoms with Gasteiger partial charge in [0, 0.05) is 5.56 Å². The molecule has 0 radical (unpaired) electrons. The normalized spacial score (nSPS) is 12.1. The molecule has 24 heavy (non-hydrogen) atoms. The van der Waals surface area contributed by atoms with Crippen molar-refractivity contribution in [1.29, 1.82) is 0 Å². The summed E-state index contributed by atoms with van der Waals surface area (Å²) in [5.41, 5.74) is 1.22. The zero-order chi connectivity index (χ0) is 17.3. The number of thiazole rings is 1. The van der Waals surface area contributed by atoms with Crippen LogP contribution < -0.4 is 10.1 Å². The maximum Gasteiger partial charge on any atom is 0.252 e. The van der Waals surface area contributed by atoms with Gasteiger partial charge in [0.05, 0.1) is 28.4 Å². The van der Waals surface area contributed by atoms with Crippen LogP contribution >= 0.6 is 22.9 Å². The van der Waals surface area contributed by atoms with E-state index in [4.69, 9.17) is 16.3 Å². The second-order valence-electron chi connectivity index (χ2n) is 5.22. The number of rotatable bonds is 4. The summed E-state index contributed by atoms with van der Waals surface area (Å²) in [6.07, 6.45) is 0. The van der Waals surface area contributed by atoms with Crippen LogP contribution in [0.3, 0.4) is 0 Å². The second-order valence-corrected chi connectivity index (χ2v) is 6.69. The van der Waals surface area contributed by atoms with Crippen LogP contribution in [0, 0.1) is 0 Å². The van der Waals surface area contributed by atoms with Gasteiger partial charge in [0.15, 0.2) is 11.5 Å². The molecular weight excluding hydrogens is 348 g/mol. The van der Waals surface area contributed by atoms with E-state index in [2.05, 4.69) is 10.3 Å². The Balaban J connectivity index is 1.82. The number of methoxy groups -OCH3 is 1. The van der Waals surface area contributed by atoms with E-state index in [0.29, 0.717) is 5.56 Å². The number of nitrogens with zero attached hydrogens (tertiary/aromatic N) is 1. The summed E-state index contributed by atoms with van der Waals surface area (Å²) in [4.78, 5) is 17.0. The number of nitrogens with one attached hydrogen (secondary N) is 1. The van der Waals surface area contributed by atoms with Crippen LogP contribution in [0.2, 0.25) is 5.02 Å². The molecule has 0 bridgehead atoms. The molecule has 0 aliphatic heterocycles. The summed E-state index contributed by atoms with van der Waals surface area (Å²) in [5, 5.41) is 13.5. The smallest absolute Gasteiger partial charge is 0.252 e. The molecule has 0 aliphatic rings. The quantitative estimate of drug-likeness (QED) is 0.731. The first-order valence-corrected chi connectivity index (χ1v) is 8.42. The molecule has 2 N–H and O–H groups in total. The van der Waals surface area contributed by atoms with Crippen LogP contribution in [0.1, 0.15) is 28.3 Å². The van der Waals surface area contributed by atoms with Crippen molar-refractivity contribution in [3.63, 3.8) is 0 Å². The fourth-order valence-corrected chi connectivity index (χ4v) is 3.46. The Morgan fingerprint density at radius 1 is 1.38 bits per heavy atom. The van der Waals surface area contributed by atoms with Gasteiger partial charge in [0.2, 0.25) is 0 Å². The first-order valence-electron chi connectivity index (χ1n) is 7.22. The summed E-state index contributed by atoms with van der Waals surface area (Å²) in [6, 6.07) is 10.4. The first-order chi connectivity index (χ1) is 11.5. The second kappa shape index (κ2) is 6.67. The third-order valence-corrected chi connectivity index (χ3v) is 5.05. The molecule has 3 aromatic rings. The van der Waals surface area contributed by atoms with Crippen LogP contribution in [0.4, 0.5) is 0 Å². The summed E-state index contributed by atoms with van der Waals surface area (Å²) < 4.78 is 6.09. The van der Waals surface area contributed by atoms with Crippen molar-refractivity contribution in [3.8, 4) is 11.5 Å². The predicted octanol–water partition coefficient (Wildman–Crippen LogP) is 4.15. The Bertz CT molecular complexity index is 877. The van der Waals surface area contributed by atoms with Gasteiger partial charge in [-0.2, -0.15) is 0 Å². The topological polar surface area (TPSA) is 71.5 Å².